The summed E-state index contributed by atoms with van der Waals surface area (Å²) in [5, 5.41) is 5.99. The van der Waals surface area contributed by atoms with Crippen LogP contribution in [0, 0.1) is 0 Å². The van der Waals surface area contributed by atoms with Crippen LogP contribution in [0.2, 0.25) is 10.0 Å². The number of carbonyl (C=O) groups excluding carboxylic acids is 4. The average Bonchev–Trinajstić information content (AvgIpc) is 3.05. The summed E-state index contributed by atoms with van der Waals surface area (Å²) in [7, 11) is 0. The van der Waals surface area contributed by atoms with Crippen molar-refractivity contribution in [1.82, 2.24) is 15.5 Å². The van der Waals surface area contributed by atoms with Crippen LogP contribution in [-0.4, -0.2) is 34.6 Å². The van der Waals surface area contributed by atoms with Gasteiger partial charge in [-0.2, -0.15) is 0 Å². The van der Waals surface area contributed by atoms with Crippen molar-refractivity contribution in [2.75, 3.05) is 0 Å². The van der Waals surface area contributed by atoms with E-state index >= 15 is 0 Å². The number of hydrogen-bond donors (Lipinski definition) is 2. The third-order valence-electron chi connectivity index (χ3n) is 5.28. The number of imide groups is 1. The van der Waals surface area contributed by atoms with Crippen LogP contribution in [0.4, 0.5) is 0 Å². The van der Waals surface area contributed by atoms with Gasteiger partial charge in [0.05, 0.1) is 5.02 Å². The predicted molar refractivity (Wildman–Crippen MR) is 110 cm³/mol. The van der Waals surface area contributed by atoms with Gasteiger partial charge in [-0.1, -0.05) is 29.3 Å². The van der Waals surface area contributed by atoms with Crippen LogP contribution >= 0.6 is 23.2 Å². The SMILES string of the molecule is O=C1CCC(N2Cc3c(ccc(CNC(=O)c4ccc(Cl)cc4)c3Cl)C2=O)C(=O)N1. The van der Waals surface area contributed by atoms with Crippen LogP contribution in [0.5, 0.6) is 0 Å². The van der Waals surface area contributed by atoms with Gasteiger partial charge < -0.3 is 10.2 Å². The van der Waals surface area contributed by atoms with E-state index in [1.54, 1.807) is 36.4 Å². The van der Waals surface area contributed by atoms with Crippen molar-refractivity contribution < 1.29 is 19.2 Å². The number of nitrogens with zero attached hydrogens (tertiary/aromatic N) is 1. The molecule has 0 spiro atoms. The van der Waals surface area contributed by atoms with Crippen LogP contribution in [0.25, 0.3) is 0 Å². The molecular formula is C21H17Cl2N3O4. The summed E-state index contributed by atoms with van der Waals surface area (Å²) in [4.78, 5) is 50.1. The molecule has 1 fully saturated rings. The van der Waals surface area contributed by atoms with Crippen molar-refractivity contribution in [2.45, 2.75) is 32.0 Å². The Morgan fingerprint density at radius 3 is 2.53 bits per heavy atom. The lowest BCUT2D eigenvalue weighted by Crippen LogP contribution is -2.52. The quantitative estimate of drug-likeness (QED) is 0.707. The molecule has 0 saturated carbocycles. The molecule has 0 aliphatic carbocycles. The minimum absolute atomic E-state index is 0.179. The number of fused-ring (bicyclic) bond motifs is 1. The van der Waals surface area contributed by atoms with Crippen LogP contribution in [0.3, 0.4) is 0 Å². The monoisotopic (exact) mass is 445 g/mol. The summed E-state index contributed by atoms with van der Waals surface area (Å²) in [5.74, 6) is -1.38. The topological polar surface area (TPSA) is 95.6 Å². The molecule has 1 saturated heterocycles. The summed E-state index contributed by atoms with van der Waals surface area (Å²) >= 11 is 12.4. The predicted octanol–water partition coefficient (Wildman–Crippen LogP) is 2.68. The highest BCUT2D eigenvalue weighted by molar-refractivity contribution is 6.33. The van der Waals surface area contributed by atoms with E-state index in [1.165, 1.54) is 4.90 Å². The molecular weight excluding hydrogens is 429 g/mol. The Hall–Kier alpha value is -2.90. The van der Waals surface area contributed by atoms with Crippen molar-refractivity contribution in [3.8, 4) is 0 Å². The van der Waals surface area contributed by atoms with Gasteiger partial charge in [-0.25, -0.2) is 0 Å². The average molecular weight is 446 g/mol. The van der Waals surface area contributed by atoms with E-state index in [0.717, 1.165) is 0 Å². The number of piperidine rings is 1. The molecule has 1 atom stereocenters. The number of halogens is 2. The van der Waals surface area contributed by atoms with E-state index in [1.807, 2.05) is 0 Å². The third-order valence-corrected chi connectivity index (χ3v) is 6.00. The van der Waals surface area contributed by atoms with Crippen molar-refractivity contribution in [3.05, 3.63) is 68.7 Å². The standard InChI is InChI=1S/C21H17Cl2N3O4/c22-13-4-1-11(2-5-13)19(28)24-9-12-3-6-14-15(18(12)23)10-26(21(14)30)16-7-8-17(27)25-20(16)29/h1-6,16H,7-10H2,(H,24,28)(H,25,27,29). The van der Waals surface area contributed by atoms with Gasteiger partial charge in [0.1, 0.15) is 6.04 Å². The Bertz CT molecular complexity index is 1070. The Balaban J connectivity index is 1.49. The van der Waals surface area contributed by atoms with E-state index in [0.29, 0.717) is 32.3 Å². The molecule has 0 bridgehead atoms. The molecule has 4 rings (SSSR count). The van der Waals surface area contributed by atoms with Crippen LogP contribution < -0.4 is 10.6 Å². The Morgan fingerprint density at radius 2 is 1.83 bits per heavy atom. The van der Waals surface area contributed by atoms with Gasteiger partial charge in [-0.15, -0.1) is 0 Å². The summed E-state index contributed by atoms with van der Waals surface area (Å²) in [5.41, 5.74) is 2.17. The fourth-order valence-corrected chi connectivity index (χ4v) is 4.09. The molecule has 0 aromatic heterocycles. The second kappa shape index (κ2) is 8.08. The second-order valence-electron chi connectivity index (χ2n) is 7.15. The smallest absolute Gasteiger partial charge is 0.255 e. The highest BCUT2D eigenvalue weighted by Gasteiger charge is 2.40. The summed E-state index contributed by atoms with van der Waals surface area (Å²) in [6.45, 7) is 0.360. The first-order chi connectivity index (χ1) is 14.3. The number of nitrogens with one attached hydrogen (secondary N) is 2. The molecule has 7 nitrogen and oxygen atoms in total. The highest BCUT2D eigenvalue weighted by atomic mass is 35.5. The Labute approximate surface area is 182 Å². The Morgan fingerprint density at radius 1 is 1.10 bits per heavy atom. The first-order valence-electron chi connectivity index (χ1n) is 9.34. The highest BCUT2D eigenvalue weighted by Crippen LogP contribution is 2.34. The molecule has 2 aliphatic heterocycles. The lowest BCUT2D eigenvalue weighted by molar-refractivity contribution is -0.136. The van der Waals surface area contributed by atoms with Gasteiger partial charge in [0.25, 0.3) is 11.8 Å². The molecule has 2 aromatic rings. The molecule has 30 heavy (non-hydrogen) atoms. The first kappa shape index (κ1) is 20.4. The molecule has 2 N–H and O–H groups in total. The van der Waals surface area contributed by atoms with E-state index in [-0.39, 0.29) is 43.7 Å². The van der Waals surface area contributed by atoms with Gasteiger partial charge in [0.15, 0.2) is 0 Å². The second-order valence-corrected chi connectivity index (χ2v) is 7.97. The van der Waals surface area contributed by atoms with E-state index < -0.39 is 11.9 Å². The van der Waals surface area contributed by atoms with Gasteiger partial charge in [-0.05, 0) is 42.3 Å². The maximum atomic E-state index is 12.8. The number of amides is 4. The molecule has 9 heteroatoms. The minimum Gasteiger partial charge on any atom is -0.348 e. The molecule has 2 aliphatic rings. The van der Waals surface area contributed by atoms with Crippen molar-refractivity contribution >= 4 is 46.8 Å². The molecule has 0 radical (unpaired) electrons. The van der Waals surface area contributed by atoms with Gasteiger partial charge in [0.2, 0.25) is 11.8 Å². The number of benzene rings is 2. The van der Waals surface area contributed by atoms with Gasteiger partial charge in [0, 0.05) is 41.2 Å². The first-order valence-corrected chi connectivity index (χ1v) is 10.1. The molecule has 1 unspecified atom stereocenters. The molecule has 2 heterocycles. The normalized spacial score (nSPS) is 18.3. The minimum atomic E-state index is -0.702. The van der Waals surface area contributed by atoms with Crippen LogP contribution in [0.1, 0.15) is 44.7 Å². The zero-order valence-electron chi connectivity index (χ0n) is 15.7. The molecule has 4 amide bonds. The van der Waals surface area contributed by atoms with Gasteiger partial charge >= 0.3 is 0 Å². The summed E-state index contributed by atoms with van der Waals surface area (Å²) < 4.78 is 0. The van der Waals surface area contributed by atoms with Crippen LogP contribution in [-0.2, 0) is 22.7 Å². The van der Waals surface area contributed by atoms with E-state index in [4.69, 9.17) is 23.2 Å². The maximum absolute atomic E-state index is 12.8. The summed E-state index contributed by atoms with van der Waals surface area (Å²) in [6, 6.07) is 9.15. The molecule has 154 valence electrons. The summed E-state index contributed by atoms with van der Waals surface area (Å²) in [6.07, 6.45) is 0.471. The molecule has 2 aromatic carbocycles. The lowest BCUT2D eigenvalue weighted by Gasteiger charge is -2.29. The fourth-order valence-electron chi connectivity index (χ4n) is 3.67. The van der Waals surface area contributed by atoms with Gasteiger partial charge in [-0.3, -0.25) is 24.5 Å². The lowest BCUT2D eigenvalue weighted by atomic mass is 10.0. The maximum Gasteiger partial charge on any atom is 0.255 e. The zero-order chi connectivity index (χ0) is 21.4. The van der Waals surface area contributed by atoms with E-state index in [2.05, 4.69) is 10.6 Å². The van der Waals surface area contributed by atoms with E-state index in [9.17, 15) is 19.2 Å². The fraction of sp³-hybridized carbons (Fsp3) is 0.238. The third kappa shape index (κ3) is 3.78. The van der Waals surface area contributed by atoms with Crippen molar-refractivity contribution in [3.63, 3.8) is 0 Å². The van der Waals surface area contributed by atoms with Crippen molar-refractivity contribution in [1.29, 1.82) is 0 Å². The largest absolute Gasteiger partial charge is 0.348 e. The number of rotatable bonds is 4. The number of hydrogen-bond acceptors (Lipinski definition) is 4. The van der Waals surface area contributed by atoms with Crippen molar-refractivity contribution in [2.24, 2.45) is 0 Å². The zero-order valence-corrected chi connectivity index (χ0v) is 17.2. The number of carbonyl (C=O) groups is 4. The Kier molecular flexibility index (Phi) is 5.49. The van der Waals surface area contributed by atoms with Crippen LogP contribution in [0.15, 0.2) is 36.4 Å².